The van der Waals surface area contributed by atoms with Gasteiger partial charge in [0.05, 0.1) is 17.7 Å². The SMILES string of the molecule is COc1ccc(S(=O)(=O)N2CCCCCC2)cc1NC(=O)c1c(F)cccc1F. The molecule has 0 unspecified atom stereocenters. The summed E-state index contributed by atoms with van der Waals surface area (Å²) in [6, 6.07) is 7.12. The fourth-order valence-electron chi connectivity index (χ4n) is 3.28. The maximum absolute atomic E-state index is 13.9. The number of nitrogens with one attached hydrogen (secondary N) is 1. The second-order valence-electron chi connectivity index (χ2n) is 6.73. The highest BCUT2D eigenvalue weighted by Crippen LogP contribution is 2.30. The molecule has 2 aromatic rings. The molecular weight excluding hydrogens is 402 g/mol. The van der Waals surface area contributed by atoms with Crippen LogP contribution in [0.25, 0.3) is 0 Å². The van der Waals surface area contributed by atoms with Crippen molar-refractivity contribution in [2.45, 2.75) is 30.6 Å². The Morgan fingerprint density at radius 3 is 2.24 bits per heavy atom. The summed E-state index contributed by atoms with van der Waals surface area (Å²) in [4.78, 5) is 12.4. The first-order chi connectivity index (χ1) is 13.8. The van der Waals surface area contributed by atoms with Gasteiger partial charge in [-0.05, 0) is 43.2 Å². The van der Waals surface area contributed by atoms with Crippen molar-refractivity contribution in [3.05, 3.63) is 53.6 Å². The average Bonchev–Trinajstić information content (AvgIpc) is 2.98. The van der Waals surface area contributed by atoms with Gasteiger partial charge in [-0.3, -0.25) is 4.79 Å². The van der Waals surface area contributed by atoms with Gasteiger partial charge in [0, 0.05) is 13.1 Å². The summed E-state index contributed by atoms with van der Waals surface area (Å²) in [5, 5.41) is 2.36. The highest BCUT2D eigenvalue weighted by atomic mass is 32.2. The lowest BCUT2D eigenvalue weighted by molar-refractivity contribution is 0.101. The van der Waals surface area contributed by atoms with Gasteiger partial charge in [0.1, 0.15) is 22.9 Å². The first-order valence-corrected chi connectivity index (χ1v) is 10.7. The zero-order valence-electron chi connectivity index (χ0n) is 16.0. The van der Waals surface area contributed by atoms with Gasteiger partial charge in [-0.1, -0.05) is 18.9 Å². The molecule has 1 saturated heterocycles. The lowest BCUT2D eigenvalue weighted by atomic mass is 10.1. The van der Waals surface area contributed by atoms with E-state index in [4.69, 9.17) is 4.74 Å². The molecule has 29 heavy (non-hydrogen) atoms. The smallest absolute Gasteiger partial charge is 0.261 e. The van der Waals surface area contributed by atoms with Crippen LogP contribution < -0.4 is 10.1 Å². The van der Waals surface area contributed by atoms with Crippen LogP contribution in [0.3, 0.4) is 0 Å². The van der Waals surface area contributed by atoms with E-state index in [1.165, 1.54) is 29.6 Å². The fraction of sp³-hybridized carbons (Fsp3) is 0.350. The number of sulfonamides is 1. The number of benzene rings is 2. The van der Waals surface area contributed by atoms with Crippen molar-refractivity contribution in [3.8, 4) is 5.75 Å². The van der Waals surface area contributed by atoms with E-state index in [-0.39, 0.29) is 16.3 Å². The molecule has 0 aromatic heterocycles. The van der Waals surface area contributed by atoms with Gasteiger partial charge in [0.2, 0.25) is 10.0 Å². The summed E-state index contributed by atoms with van der Waals surface area (Å²) < 4.78 is 60.4. The minimum atomic E-state index is -3.77. The van der Waals surface area contributed by atoms with Crippen LogP contribution in [0.1, 0.15) is 36.0 Å². The van der Waals surface area contributed by atoms with Crippen LogP contribution in [0.2, 0.25) is 0 Å². The summed E-state index contributed by atoms with van der Waals surface area (Å²) >= 11 is 0. The molecule has 156 valence electrons. The molecule has 0 radical (unpaired) electrons. The Labute approximate surface area is 168 Å². The number of anilines is 1. The second-order valence-corrected chi connectivity index (χ2v) is 8.67. The van der Waals surface area contributed by atoms with Crippen LogP contribution in [0.15, 0.2) is 41.3 Å². The molecule has 1 fully saturated rings. The summed E-state index contributed by atoms with van der Waals surface area (Å²) in [7, 11) is -2.43. The minimum absolute atomic E-state index is 0.0102. The monoisotopic (exact) mass is 424 g/mol. The van der Waals surface area contributed by atoms with E-state index in [0.29, 0.717) is 13.1 Å². The average molecular weight is 424 g/mol. The van der Waals surface area contributed by atoms with Gasteiger partial charge in [0.15, 0.2) is 0 Å². The molecule has 0 bridgehead atoms. The third kappa shape index (κ3) is 4.56. The Hall–Kier alpha value is -2.52. The van der Waals surface area contributed by atoms with Crippen molar-refractivity contribution in [3.63, 3.8) is 0 Å². The van der Waals surface area contributed by atoms with Crippen molar-refractivity contribution in [1.29, 1.82) is 0 Å². The molecule has 0 saturated carbocycles. The highest BCUT2D eigenvalue weighted by molar-refractivity contribution is 7.89. The lowest BCUT2D eigenvalue weighted by Crippen LogP contribution is -2.32. The van der Waals surface area contributed by atoms with Crippen LogP contribution in [0.4, 0.5) is 14.5 Å². The topological polar surface area (TPSA) is 75.7 Å². The number of ether oxygens (including phenoxy) is 1. The molecule has 1 amide bonds. The third-order valence-electron chi connectivity index (χ3n) is 4.81. The molecule has 1 heterocycles. The van der Waals surface area contributed by atoms with Crippen LogP contribution >= 0.6 is 0 Å². The maximum Gasteiger partial charge on any atom is 0.261 e. The predicted octanol–water partition coefficient (Wildman–Crippen LogP) is 3.79. The van der Waals surface area contributed by atoms with E-state index in [2.05, 4.69) is 5.32 Å². The molecule has 1 aliphatic heterocycles. The second kappa shape index (κ2) is 8.87. The summed E-state index contributed by atoms with van der Waals surface area (Å²) in [6.07, 6.45) is 3.52. The summed E-state index contributed by atoms with van der Waals surface area (Å²) in [5.74, 6) is -2.90. The standard InChI is InChI=1S/C20H22F2N2O4S/c1-28-18-10-9-14(29(26,27)24-11-4-2-3-5-12-24)13-17(18)23-20(25)19-15(21)7-6-8-16(19)22/h6-10,13H,2-5,11-12H2,1H3,(H,23,25). The molecule has 0 spiro atoms. The van der Waals surface area contributed by atoms with Crippen molar-refractivity contribution >= 4 is 21.6 Å². The molecule has 0 atom stereocenters. The molecule has 1 N–H and O–H groups in total. The molecule has 1 aliphatic rings. The quantitative estimate of drug-likeness (QED) is 0.792. The van der Waals surface area contributed by atoms with Crippen molar-refractivity contribution in [1.82, 2.24) is 4.31 Å². The van der Waals surface area contributed by atoms with Gasteiger partial charge in [-0.2, -0.15) is 4.31 Å². The van der Waals surface area contributed by atoms with Crippen LogP contribution in [0.5, 0.6) is 5.75 Å². The summed E-state index contributed by atoms with van der Waals surface area (Å²) in [5.41, 5.74) is -0.744. The first-order valence-electron chi connectivity index (χ1n) is 9.28. The number of hydrogen-bond acceptors (Lipinski definition) is 4. The van der Waals surface area contributed by atoms with E-state index in [9.17, 15) is 22.0 Å². The van der Waals surface area contributed by atoms with Gasteiger partial charge in [0.25, 0.3) is 5.91 Å². The highest BCUT2D eigenvalue weighted by Gasteiger charge is 2.27. The Morgan fingerprint density at radius 2 is 1.66 bits per heavy atom. The third-order valence-corrected chi connectivity index (χ3v) is 6.71. The van der Waals surface area contributed by atoms with E-state index < -0.39 is 33.1 Å². The van der Waals surface area contributed by atoms with E-state index in [0.717, 1.165) is 43.9 Å². The number of nitrogens with zero attached hydrogens (tertiary/aromatic N) is 1. The molecule has 2 aromatic carbocycles. The van der Waals surface area contributed by atoms with Crippen LogP contribution in [-0.4, -0.2) is 38.8 Å². The first kappa shape index (κ1) is 21.2. The van der Waals surface area contributed by atoms with Crippen molar-refractivity contribution < 1.29 is 26.7 Å². The lowest BCUT2D eigenvalue weighted by Gasteiger charge is -2.21. The van der Waals surface area contributed by atoms with Gasteiger partial charge >= 0.3 is 0 Å². The molecular formula is C20H22F2N2O4S. The number of halogens is 2. The summed E-state index contributed by atoms with van der Waals surface area (Å²) in [6.45, 7) is 0.854. The van der Waals surface area contributed by atoms with Crippen LogP contribution in [0, 0.1) is 11.6 Å². The van der Waals surface area contributed by atoms with Gasteiger partial charge < -0.3 is 10.1 Å². The number of hydrogen-bond donors (Lipinski definition) is 1. The Kier molecular flexibility index (Phi) is 6.49. The zero-order chi connectivity index (χ0) is 21.0. The zero-order valence-corrected chi connectivity index (χ0v) is 16.8. The minimum Gasteiger partial charge on any atom is -0.495 e. The normalized spacial score (nSPS) is 15.6. The Morgan fingerprint density at radius 1 is 1.03 bits per heavy atom. The van der Waals surface area contributed by atoms with E-state index >= 15 is 0 Å². The predicted molar refractivity (Wildman–Crippen MR) is 105 cm³/mol. The number of carbonyl (C=O) groups excluding carboxylic acids is 1. The Balaban J connectivity index is 1.94. The fourth-order valence-corrected chi connectivity index (χ4v) is 4.82. The largest absolute Gasteiger partial charge is 0.495 e. The number of methoxy groups -OCH3 is 1. The Bertz CT molecular complexity index is 983. The molecule has 0 aliphatic carbocycles. The van der Waals surface area contributed by atoms with Crippen LogP contribution in [-0.2, 0) is 10.0 Å². The van der Waals surface area contributed by atoms with Gasteiger partial charge in [-0.25, -0.2) is 17.2 Å². The van der Waals surface area contributed by atoms with Crippen molar-refractivity contribution in [2.24, 2.45) is 0 Å². The number of carbonyl (C=O) groups is 1. The van der Waals surface area contributed by atoms with E-state index in [1.54, 1.807) is 0 Å². The number of rotatable bonds is 5. The maximum atomic E-state index is 13.9. The number of amides is 1. The van der Waals surface area contributed by atoms with E-state index in [1.807, 2.05) is 0 Å². The van der Waals surface area contributed by atoms with Crippen molar-refractivity contribution in [2.75, 3.05) is 25.5 Å². The van der Waals surface area contributed by atoms with Gasteiger partial charge in [-0.15, -0.1) is 0 Å². The molecule has 3 rings (SSSR count). The molecule has 6 nitrogen and oxygen atoms in total. The molecule has 9 heteroatoms.